The molecule has 1 unspecified atom stereocenters. The summed E-state index contributed by atoms with van der Waals surface area (Å²) in [4.78, 5) is 26.3. The molecule has 0 radical (unpaired) electrons. The lowest BCUT2D eigenvalue weighted by Gasteiger charge is -2.26. The van der Waals surface area contributed by atoms with Gasteiger partial charge < -0.3 is 20.3 Å². The van der Waals surface area contributed by atoms with Crippen molar-refractivity contribution < 1.29 is 14.3 Å². The Morgan fingerprint density at radius 1 is 1.26 bits per heavy atom. The Balaban J connectivity index is 0.00000484. The van der Waals surface area contributed by atoms with E-state index in [1.807, 2.05) is 20.8 Å². The summed E-state index contributed by atoms with van der Waals surface area (Å²) in [5.41, 5.74) is -0.0589. The van der Waals surface area contributed by atoms with E-state index in [-0.39, 0.29) is 35.7 Å². The van der Waals surface area contributed by atoms with Gasteiger partial charge in [0.25, 0.3) is 0 Å². The van der Waals surface area contributed by atoms with Gasteiger partial charge in [-0.25, -0.2) is 0 Å². The Labute approximate surface area is 149 Å². The molecule has 2 N–H and O–H groups in total. The number of ether oxygens (including phenoxy) is 1. The molecule has 1 aliphatic rings. The van der Waals surface area contributed by atoms with Gasteiger partial charge >= 0.3 is 0 Å². The van der Waals surface area contributed by atoms with Crippen LogP contribution in [-0.2, 0) is 14.3 Å². The SMILES string of the molecule is COCCNCCNC(=O)C1CSCN1C(=O)CC(C)(C)C.Cl. The number of thioether (sulfide) groups is 1. The molecule has 0 aromatic heterocycles. The molecule has 1 fully saturated rings. The predicted octanol–water partition coefficient (Wildman–Crippen LogP) is 1.10. The van der Waals surface area contributed by atoms with E-state index in [2.05, 4.69) is 10.6 Å². The van der Waals surface area contributed by atoms with Crippen LogP contribution in [0.5, 0.6) is 0 Å². The Hall–Kier alpha value is -0.500. The Bertz CT molecular complexity index is 377. The normalized spacial score (nSPS) is 17.7. The van der Waals surface area contributed by atoms with E-state index in [1.165, 1.54) is 0 Å². The first-order chi connectivity index (χ1) is 10.3. The maximum absolute atomic E-state index is 12.3. The van der Waals surface area contributed by atoms with Crippen LogP contribution in [0.3, 0.4) is 0 Å². The molecule has 0 aromatic rings. The molecule has 1 heterocycles. The molecule has 0 saturated carbocycles. The Kier molecular flexibility index (Phi) is 10.9. The van der Waals surface area contributed by atoms with Gasteiger partial charge in [-0.3, -0.25) is 9.59 Å². The van der Waals surface area contributed by atoms with Crippen LogP contribution in [0.4, 0.5) is 0 Å². The third kappa shape index (κ3) is 8.79. The molecule has 136 valence electrons. The summed E-state index contributed by atoms with van der Waals surface area (Å²) in [6.45, 7) is 8.79. The molecule has 0 bridgehead atoms. The number of carbonyl (C=O) groups excluding carboxylic acids is 2. The summed E-state index contributed by atoms with van der Waals surface area (Å²) in [7, 11) is 1.66. The second kappa shape index (κ2) is 11.1. The largest absolute Gasteiger partial charge is 0.383 e. The van der Waals surface area contributed by atoms with Crippen molar-refractivity contribution in [3.8, 4) is 0 Å². The Morgan fingerprint density at radius 3 is 2.57 bits per heavy atom. The molecule has 1 aliphatic heterocycles. The number of nitrogens with one attached hydrogen (secondary N) is 2. The molecule has 0 aromatic carbocycles. The van der Waals surface area contributed by atoms with Crippen LogP contribution in [0, 0.1) is 5.41 Å². The van der Waals surface area contributed by atoms with E-state index in [1.54, 1.807) is 23.8 Å². The van der Waals surface area contributed by atoms with Gasteiger partial charge in [-0.1, -0.05) is 20.8 Å². The first-order valence-corrected chi connectivity index (χ1v) is 8.85. The lowest BCUT2D eigenvalue weighted by molar-refractivity contribution is -0.139. The maximum Gasteiger partial charge on any atom is 0.243 e. The molecular formula is C15H30ClN3O3S. The highest BCUT2D eigenvalue weighted by Gasteiger charge is 2.35. The smallest absolute Gasteiger partial charge is 0.243 e. The van der Waals surface area contributed by atoms with Crippen molar-refractivity contribution in [3.05, 3.63) is 0 Å². The van der Waals surface area contributed by atoms with Crippen molar-refractivity contribution >= 4 is 36.0 Å². The standard InChI is InChI=1S/C15H29N3O3S.ClH/c1-15(2,3)9-13(19)18-11-22-10-12(18)14(20)17-6-5-16-7-8-21-4;/h12,16H,5-11H2,1-4H3,(H,17,20);1H. The fraction of sp³-hybridized carbons (Fsp3) is 0.867. The molecule has 23 heavy (non-hydrogen) atoms. The van der Waals surface area contributed by atoms with E-state index < -0.39 is 0 Å². The van der Waals surface area contributed by atoms with Crippen molar-refractivity contribution in [3.63, 3.8) is 0 Å². The number of amides is 2. The zero-order valence-electron chi connectivity index (χ0n) is 14.5. The van der Waals surface area contributed by atoms with E-state index in [4.69, 9.17) is 4.74 Å². The molecular weight excluding hydrogens is 338 g/mol. The van der Waals surface area contributed by atoms with Crippen LogP contribution in [-0.4, -0.2) is 67.7 Å². The fourth-order valence-corrected chi connectivity index (χ4v) is 3.33. The van der Waals surface area contributed by atoms with Gasteiger partial charge in [0, 0.05) is 38.9 Å². The van der Waals surface area contributed by atoms with Gasteiger partial charge in [0.05, 0.1) is 12.5 Å². The molecule has 1 saturated heterocycles. The zero-order chi connectivity index (χ0) is 16.6. The van der Waals surface area contributed by atoms with Crippen molar-refractivity contribution in [1.82, 2.24) is 15.5 Å². The highest BCUT2D eigenvalue weighted by atomic mass is 35.5. The van der Waals surface area contributed by atoms with E-state index in [0.717, 1.165) is 6.54 Å². The summed E-state index contributed by atoms with van der Waals surface area (Å²) in [6, 6.07) is -0.334. The van der Waals surface area contributed by atoms with Crippen molar-refractivity contribution in [2.45, 2.75) is 33.2 Å². The third-order valence-electron chi connectivity index (χ3n) is 3.27. The van der Waals surface area contributed by atoms with Crippen LogP contribution in [0.2, 0.25) is 0 Å². The van der Waals surface area contributed by atoms with Crippen LogP contribution >= 0.6 is 24.2 Å². The van der Waals surface area contributed by atoms with Gasteiger partial charge in [-0.05, 0) is 5.41 Å². The summed E-state index contributed by atoms with van der Waals surface area (Å²) in [5, 5.41) is 6.07. The topological polar surface area (TPSA) is 70.7 Å². The van der Waals surface area contributed by atoms with E-state index in [9.17, 15) is 9.59 Å². The van der Waals surface area contributed by atoms with Crippen LogP contribution in [0.25, 0.3) is 0 Å². The average Bonchev–Trinajstić information content (AvgIpc) is 2.90. The summed E-state index contributed by atoms with van der Waals surface area (Å²) < 4.78 is 4.93. The molecule has 2 amide bonds. The predicted molar refractivity (Wildman–Crippen MR) is 97.0 cm³/mol. The minimum atomic E-state index is -0.334. The minimum absolute atomic E-state index is 0. The van der Waals surface area contributed by atoms with Gasteiger partial charge in [0.1, 0.15) is 6.04 Å². The average molecular weight is 368 g/mol. The molecule has 8 heteroatoms. The molecule has 0 aliphatic carbocycles. The second-order valence-electron chi connectivity index (χ2n) is 6.65. The number of methoxy groups -OCH3 is 1. The lowest BCUT2D eigenvalue weighted by Crippen LogP contribution is -2.49. The van der Waals surface area contributed by atoms with Crippen molar-refractivity contribution in [1.29, 1.82) is 0 Å². The minimum Gasteiger partial charge on any atom is -0.383 e. The Morgan fingerprint density at radius 2 is 1.96 bits per heavy atom. The maximum atomic E-state index is 12.3. The van der Waals surface area contributed by atoms with E-state index >= 15 is 0 Å². The van der Waals surface area contributed by atoms with Crippen LogP contribution in [0.1, 0.15) is 27.2 Å². The third-order valence-corrected chi connectivity index (χ3v) is 4.28. The van der Waals surface area contributed by atoms with Crippen molar-refractivity contribution in [2.24, 2.45) is 5.41 Å². The van der Waals surface area contributed by atoms with Gasteiger partial charge in [0.15, 0.2) is 0 Å². The monoisotopic (exact) mass is 367 g/mol. The highest BCUT2D eigenvalue weighted by molar-refractivity contribution is 7.99. The number of hydrogen-bond donors (Lipinski definition) is 2. The molecule has 6 nitrogen and oxygen atoms in total. The van der Waals surface area contributed by atoms with Crippen molar-refractivity contribution in [2.75, 3.05) is 45.0 Å². The number of halogens is 1. The molecule has 1 rings (SSSR count). The molecule has 1 atom stereocenters. The molecule has 0 spiro atoms. The summed E-state index contributed by atoms with van der Waals surface area (Å²) in [6.07, 6.45) is 0.468. The number of nitrogens with zero attached hydrogens (tertiary/aromatic N) is 1. The number of hydrogen-bond acceptors (Lipinski definition) is 5. The quantitative estimate of drug-likeness (QED) is 0.628. The number of rotatable bonds is 8. The van der Waals surface area contributed by atoms with E-state index in [0.29, 0.717) is 37.7 Å². The summed E-state index contributed by atoms with van der Waals surface area (Å²) in [5.74, 6) is 1.30. The fourth-order valence-electron chi connectivity index (χ4n) is 2.15. The number of carbonyl (C=O) groups is 2. The second-order valence-corrected chi connectivity index (χ2v) is 7.65. The first kappa shape index (κ1) is 22.5. The first-order valence-electron chi connectivity index (χ1n) is 7.70. The van der Waals surface area contributed by atoms with Crippen LogP contribution in [0.15, 0.2) is 0 Å². The van der Waals surface area contributed by atoms with Gasteiger partial charge in [-0.15, -0.1) is 24.2 Å². The highest BCUT2D eigenvalue weighted by Crippen LogP contribution is 2.26. The summed E-state index contributed by atoms with van der Waals surface area (Å²) >= 11 is 1.64. The van der Waals surface area contributed by atoms with Gasteiger partial charge in [0.2, 0.25) is 11.8 Å². The van der Waals surface area contributed by atoms with Crippen LogP contribution < -0.4 is 10.6 Å². The zero-order valence-corrected chi connectivity index (χ0v) is 16.1. The lowest BCUT2D eigenvalue weighted by atomic mass is 9.91. The van der Waals surface area contributed by atoms with Gasteiger partial charge in [-0.2, -0.15) is 0 Å².